The lowest BCUT2D eigenvalue weighted by atomic mass is 10.1. The molecule has 0 fully saturated rings. The van der Waals surface area contributed by atoms with Crippen molar-refractivity contribution in [3.05, 3.63) is 64.2 Å². The third-order valence-corrected chi connectivity index (χ3v) is 7.48. The Labute approximate surface area is 214 Å². The van der Waals surface area contributed by atoms with E-state index in [1.165, 1.54) is 4.90 Å². The van der Waals surface area contributed by atoms with Gasteiger partial charge in [-0.2, -0.15) is 0 Å². The summed E-state index contributed by atoms with van der Waals surface area (Å²) >= 11 is 6.36. The number of halogens is 1. The molecule has 0 heterocycles. The molecule has 9 heteroatoms. The zero-order chi connectivity index (χ0) is 26.2. The third kappa shape index (κ3) is 7.97. The van der Waals surface area contributed by atoms with E-state index >= 15 is 0 Å². The first-order valence-electron chi connectivity index (χ1n) is 11.8. The van der Waals surface area contributed by atoms with Crippen molar-refractivity contribution in [3.8, 4) is 0 Å². The molecule has 0 aliphatic carbocycles. The maximum absolute atomic E-state index is 13.7. The molecule has 0 bridgehead atoms. The van der Waals surface area contributed by atoms with E-state index in [-0.39, 0.29) is 12.5 Å². The number of amides is 2. The van der Waals surface area contributed by atoms with Crippen LogP contribution < -0.4 is 9.62 Å². The van der Waals surface area contributed by atoms with Crippen molar-refractivity contribution in [2.24, 2.45) is 0 Å². The number of anilines is 1. The van der Waals surface area contributed by atoms with Crippen LogP contribution in [0.5, 0.6) is 0 Å². The largest absolute Gasteiger partial charge is 0.354 e. The van der Waals surface area contributed by atoms with Gasteiger partial charge >= 0.3 is 0 Å². The van der Waals surface area contributed by atoms with Crippen molar-refractivity contribution >= 4 is 39.1 Å². The van der Waals surface area contributed by atoms with E-state index in [1.54, 1.807) is 30.3 Å². The van der Waals surface area contributed by atoms with Crippen molar-refractivity contribution in [1.82, 2.24) is 10.2 Å². The van der Waals surface area contributed by atoms with Crippen LogP contribution in [0.25, 0.3) is 0 Å². The maximum atomic E-state index is 13.7. The van der Waals surface area contributed by atoms with E-state index in [2.05, 4.69) is 5.32 Å². The van der Waals surface area contributed by atoms with Gasteiger partial charge in [0.15, 0.2) is 0 Å². The minimum absolute atomic E-state index is 0.0861. The predicted octanol–water partition coefficient (Wildman–Crippen LogP) is 4.45. The lowest BCUT2D eigenvalue weighted by Crippen LogP contribution is -2.52. The van der Waals surface area contributed by atoms with Gasteiger partial charge in [-0.1, -0.05) is 56.1 Å². The van der Waals surface area contributed by atoms with Crippen molar-refractivity contribution in [2.75, 3.05) is 23.7 Å². The van der Waals surface area contributed by atoms with Crippen LogP contribution in [0, 0.1) is 13.8 Å². The van der Waals surface area contributed by atoms with E-state index in [0.717, 1.165) is 34.5 Å². The molecule has 0 unspecified atom stereocenters. The topological polar surface area (TPSA) is 86.8 Å². The Morgan fingerprint density at radius 3 is 2.31 bits per heavy atom. The van der Waals surface area contributed by atoms with Gasteiger partial charge in [0.2, 0.25) is 21.8 Å². The normalized spacial score (nSPS) is 12.2. The molecule has 0 saturated heterocycles. The number of carbonyl (C=O) groups is 2. The van der Waals surface area contributed by atoms with Gasteiger partial charge < -0.3 is 10.2 Å². The minimum Gasteiger partial charge on any atom is -0.354 e. The smallest absolute Gasteiger partial charge is 0.244 e. The molecule has 2 amide bonds. The Balaban J connectivity index is 2.43. The molecule has 2 rings (SSSR count). The van der Waals surface area contributed by atoms with Crippen molar-refractivity contribution < 1.29 is 18.0 Å². The zero-order valence-corrected chi connectivity index (χ0v) is 22.7. The molecule has 1 atom stereocenters. The number of hydrogen-bond donors (Lipinski definition) is 1. The van der Waals surface area contributed by atoms with E-state index in [1.807, 2.05) is 39.8 Å². The average molecular weight is 522 g/mol. The molecule has 0 spiro atoms. The van der Waals surface area contributed by atoms with Crippen LogP contribution in [0.15, 0.2) is 42.5 Å². The van der Waals surface area contributed by atoms with Gasteiger partial charge in [0, 0.05) is 18.1 Å². The van der Waals surface area contributed by atoms with E-state index < -0.39 is 28.5 Å². The van der Waals surface area contributed by atoms with Crippen LogP contribution >= 0.6 is 11.6 Å². The summed E-state index contributed by atoms with van der Waals surface area (Å²) in [5.41, 5.74) is 3.02. The molecule has 0 aliphatic heterocycles. The highest BCUT2D eigenvalue weighted by Gasteiger charge is 2.32. The molecule has 2 aromatic carbocycles. The maximum Gasteiger partial charge on any atom is 0.244 e. The first kappa shape index (κ1) is 28.7. The average Bonchev–Trinajstić information content (AvgIpc) is 2.79. The second-order valence-electron chi connectivity index (χ2n) is 8.72. The van der Waals surface area contributed by atoms with Crippen LogP contribution in [-0.4, -0.2) is 50.5 Å². The molecule has 2 aromatic rings. The summed E-state index contributed by atoms with van der Waals surface area (Å²) in [6.07, 6.45) is 3.20. The molecular weight excluding hydrogens is 486 g/mol. The van der Waals surface area contributed by atoms with Crippen LogP contribution in [0.4, 0.5) is 5.69 Å². The summed E-state index contributed by atoms with van der Waals surface area (Å²) in [6, 6.07) is 11.6. The predicted molar refractivity (Wildman–Crippen MR) is 142 cm³/mol. The van der Waals surface area contributed by atoms with Gasteiger partial charge in [-0.3, -0.25) is 13.9 Å². The molecule has 35 heavy (non-hydrogen) atoms. The Morgan fingerprint density at radius 2 is 1.74 bits per heavy atom. The van der Waals surface area contributed by atoms with Gasteiger partial charge in [0.05, 0.1) is 11.9 Å². The first-order chi connectivity index (χ1) is 16.5. The Morgan fingerprint density at radius 1 is 1.06 bits per heavy atom. The van der Waals surface area contributed by atoms with Gasteiger partial charge in [0.25, 0.3) is 0 Å². The number of rotatable bonds is 12. The number of unbranched alkanes of at least 4 members (excludes halogenated alkanes) is 1. The van der Waals surface area contributed by atoms with Gasteiger partial charge in [-0.25, -0.2) is 8.42 Å². The van der Waals surface area contributed by atoms with E-state index in [0.29, 0.717) is 29.2 Å². The fraction of sp³-hybridized carbons (Fsp3) is 0.462. The lowest BCUT2D eigenvalue weighted by Gasteiger charge is -2.33. The summed E-state index contributed by atoms with van der Waals surface area (Å²) in [7, 11) is -3.77. The standard InChI is InChI=1S/C26H36ClN3O4S/c1-6-8-15-28-26(32)24(7-2)29(17-21-11-9-10-12-23(21)27)25(31)18-30(35(5,33)34)22-14-13-19(3)20(4)16-22/h9-14,16,24H,6-8,15,17-18H2,1-5H3,(H,28,32)/t24-/m0/s1. The number of carbonyl (C=O) groups excluding carboxylic acids is 2. The van der Waals surface area contributed by atoms with Crippen LogP contribution in [0.2, 0.25) is 5.02 Å². The summed E-state index contributed by atoms with van der Waals surface area (Å²) < 4.78 is 26.5. The lowest BCUT2D eigenvalue weighted by molar-refractivity contribution is -0.140. The van der Waals surface area contributed by atoms with Crippen LogP contribution in [0.3, 0.4) is 0 Å². The SMILES string of the molecule is CCCCNC(=O)[C@H](CC)N(Cc1ccccc1Cl)C(=O)CN(c1ccc(C)c(C)c1)S(C)(=O)=O. The third-order valence-electron chi connectivity index (χ3n) is 5.97. The van der Waals surface area contributed by atoms with E-state index in [9.17, 15) is 18.0 Å². The number of nitrogens with one attached hydrogen (secondary N) is 1. The van der Waals surface area contributed by atoms with Gasteiger partial charge in [0.1, 0.15) is 12.6 Å². The summed E-state index contributed by atoms with van der Waals surface area (Å²) in [4.78, 5) is 28.1. The highest BCUT2D eigenvalue weighted by molar-refractivity contribution is 7.92. The molecule has 192 valence electrons. The molecule has 0 aliphatic rings. The molecular formula is C26H36ClN3O4S. The number of aryl methyl sites for hydroxylation is 2. The Bertz CT molecular complexity index is 1140. The van der Waals surface area contributed by atoms with Crippen molar-refractivity contribution in [3.63, 3.8) is 0 Å². The molecule has 0 radical (unpaired) electrons. The second-order valence-corrected chi connectivity index (χ2v) is 11.0. The molecule has 7 nitrogen and oxygen atoms in total. The molecule has 0 aromatic heterocycles. The van der Waals surface area contributed by atoms with Crippen molar-refractivity contribution in [2.45, 2.75) is 59.5 Å². The molecule has 1 N–H and O–H groups in total. The van der Waals surface area contributed by atoms with Crippen LogP contribution in [-0.2, 0) is 26.2 Å². The Hall–Kier alpha value is -2.58. The van der Waals surface area contributed by atoms with Crippen molar-refractivity contribution in [1.29, 1.82) is 0 Å². The number of sulfonamides is 1. The summed E-state index contributed by atoms with van der Waals surface area (Å²) in [5, 5.41) is 3.37. The van der Waals surface area contributed by atoms with Crippen LogP contribution in [0.1, 0.15) is 49.8 Å². The second kappa shape index (κ2) is 12.9. The number of hydrogen-bond acceptors (Lipinski definition) is 4. The number of nitrogens with zero attached hydrogens (tertiary/aromatic N) is 2. The highest BCUT2D eigenvalue weighted by atomic mass is 35.5. The first-order valence-corrected chi connectivity index (χ1v) is 14.1. The fourth-order valence-corrected chi connectivity index (χ4v) is 4.77. The highest BCUT2D eigenvalue weighted by Crippen LogP contribution is 2.24. The molecule has 0 saturated carbocycles. The van der Waals surface area contributed by atoms with Gasteiger partial charge in [-0.15, -0.1) is 0 Å². The Kier molecular flexibility index (Phi) is 10.6. The minimum atomic E-state index is -3.77. The quantitative estimate of drug-likeness (QED) is 0.418. The fourth-order valence-electron chi connectivity index (χ4n) is 3.73. The van der Waals surface area contributed by atoms with E-state index in [4.69, 9.17) is 11.6 Å². The monoisotopic (exact) mass is 521 g/mol. The number of benzene rings is 2. The van der Waals surface area contributed by atoms with Gasteiger partial charge in [-0.05, 0) is 61.6 Å². The summed E-state index contributed by atoms with van der Waals surface area (Å²) in [5.74, 6) is -0.746. The summed E-state index contributed by atoms with van der Waals surface area (Å²) in [6.45, 7) is 7.85. The zero-order valence-electron chi connectivity index (χ0n) is 21.2.